The van der Waals surface area contributed by atoms with E-state index in [-0.39, 0.29) is 0 Å². The molecule has 0 unspecified atom stereocenters. The Morgan fingerprint density at radius 1 is 1.11 bits per heavy atom. The van der Waals surface area contributed by atoms with Crippen LogP contribution in [-0.2, 0) is 12.8 Å². The first kappa shape index (κ1) is 12.6. The van der Waals surface area contributed by atoms with Crippen molar-refractivity contribution in [1.29, 1.82) is 0 Å². The average Bonchev–Trinajstić information content (AvgIpc) is 2.32. The number of nitrogen functional groups attached to an aromatic ring is 1. The standard InChI is InChI=1S/C15H19N3/c1-3-4-13-10-14(16)18-15(17-13)9-12-7-5-11(2)6-8-12/h5-8,10H,3-4,9H2,1-2H3,(H2,16,17,18). The number of aryl methyl sites for hydroxylation is 2. The summed E-state index contributed by atoms with van der Waals surface area (Å²) >= 11 is 0. The second-order valence-corrected chi connectivity index (χ2v) is 4.61. The van der Waals surface area contributed by atoms with Crippen molar-refractivity contribution in [2.75, 3.05) is 5.73 Å². The van der Waals surface area contributed by atoms with Crippen molar-refractivity contribution >= 4 is 5.82 Å². The first-order valence-corrected chi connectivity index (χ1v) is 6.35. The summed E-state index contributed by atoms with van der Waals surface area (Å²) in [7, 11) is 0. The molecule has 0 atom stereocenters. The molecular formula is C15H19N3. The van der Waals surface area contributed by atoms with Crippen molar-refractivity contribution < 1.29 is 0 Å². The van der Waals surface area contributed by atoms with E-state index in [9.17, 15) is 0 Å². The smallest absolute Gasteiger partial charge is 0.135 e. The Hall–Kier alpha value is -1.90. The highest BCUT2D eigenvalue weighted by atomic mass is 14.9. The zero-order chi connectivity index (χ0) is 13.0. The van der Waals surface area contributed by atoms with Crippen molar-refractivity contribution in [1.82, 2.24) is 9.97 Å². The van der Waals surface area contributed by atoms with Crippen LogP contribution in [0.5, 0.6) is 0 Å². The fourth-order valence-corrected chi connectivity index (χ4v) is 1.93. The third kappa shape index (κ3) is 3.29. The number of benzene rings is 1. The van der Waals surface area contributed by atoms with E-state index in [4.69, 9.17) is 5.73 Å². The molecule has 0 saturated carbocycles. The van der Waals surface area contributed by atoms with Gasteiger partial charge in [-0.15, -0.1) is 0 Å². The molecule has 2 aromatic rings. The minimum absolute atomic E-state index is 0.565. The van der Waals surface area contributed by atoms with Crippen LogP contribution >= 0.6 is 0 Å². The van der Waals surface area contributed by atoms with Crippen LogP contribution < -0.4 is 5.73 Å². The zero-order valence-electron chi connectivity index (χ0n) is 11.0. The molecule has 0 fully saturated rings. The molecule has 0 bridgehead atoms. The SMILES string of the molecule is CCCc1cc(N)nc(Cc2ccc(C)cc2)n1. The predicted molar refractivity (Wildman–Crippen MR) is 74.4 cm³/mol. The molecule has 94 valence electrons. The van der Waals surface area contributed by atoms with Gasteiger partial charge < -0.3 is 5.73 Å². The number of nitrogens with two attached hydrogens (primary N) is 1. The zero-order valence-corrected chi connectivity index (χ0v) is 11.0. The van der Waals surface area contributed by atoms with Gasteiger partial charge in [0.2, 0.25) is 0 Å². The molecule has 3 heteroatoms. The third-order valence-electron chi connectivity index (χ3n) is 2.83. The second-order valence-electron chi connectivity index (χ2n) is 4.61. The molecule has 0 spiro atoms. The van der Waals surface area contributed by atoms with Gasteiger partial charge in [-0.1, -0.05) is 43.2 Å². The Kier molecular flexibility index (Phi) is 3.92. The Labute approximate surface area is 108 Å². The lowest BCUT2D eigenvalue weighted by atomic mass is 10.1. The summed E-state index contributed by atoms with van der Waals surface area (Å²) in [6, 6.07) is 10.3. The van der Waals surface area contributed by atoms with Crippen LogP contribution in [-0.4, -0.2) is 9.97 Å². The number of hydrogen-bond acceptors (Lipinski definition) is 3. The van der Waals surface area contributed by atoms with Crippen LogP contribution in [0, 0.1) is 6.92 Å². The van der Waals surface area contributed by atoms with E-state index < -0.39 is 0 Å². The quantitative estimate of drug-likeness (QED) is 0.895. The fraction of sp³-hybridized carbons (Fsp3) is 0.333. The fourth-order valence-electron chi connectivity index (χ4n) is 1.93. The van der Waals surface area contributed by atoms with Gasteiger partial charge in [0, 0.05) is 18.2 Å². The molecule has 3 nitrogen and oxygen atoms in total. The minimum atomic E-state index is 0.565. The lowest BCUT2D eigenvalue weighted by molar-refractivity contribution is 0.844. The highest BCUT2D eigenvalue weighted by Gasteiger charge is 2.03. The van der Waals surface area contributed by atoms with Gasteiger partial charge in [0.15, 0.2) is 0 Å². The number of rotatable bonds is 4. The first-order valence-electron chi connectivity index (χ1n) is 6.35. The van der Waals surface area contributed by atoms with Gasteiger partial charge in [0.25, 0.3) is 0 Å². The van der Waals surface area contributed by atoms with Crippen molar-refractivity contribution in [3.05, 3.63) is 53.0 Å². The Balaban J connectivity index is 2.20. The molecule has 0 aliphatic heterocycles. The summed E-state index contributed by atoms with van der Waals surface area (Å²) in [5.41, 5.74) is 9.33. The van der Waals surface area contributed by atoms with E-state index in [2.05, 4.69) is 48.1 Å². The van der Waals surface area contributed by atoms with Crippen molar-refractivity contribution in [3.63, 3.8) is 0 Å². The van der Waals surface area contributed by atoms with Gasteiger partial charge in [-0.05, 0) is 18.9 Å². The van der Waals surface area contributed by atoms with Crippen LogP contribution in [0.4, 0.5) is 5.82 Å². The van der Waals surface area contributed by atoms with Gasteiger partial charge >= 0.3 is 0 Å². The lowest BCUT2D eigenvalue weighted by Crippen LogP contribution is -2.04. The van der Waals surface area contributed by atoms with E-state index in [1.165, 1.54) is 11.1 Å². The summed E-state index contributed by atoms with van der Waals surface area (Å²) in [6.45, 7) is 4.22. The van der Waals surface area contributed by atoms with E-state index >= 15 is 0 Å². The predicted octanol–water partition coefficient (Wildman–Crippen LogP) is 2.91. The molecule has 1 aromatic heterocycles. The maximum absolute atomic E-state index is 5.82. The van der Waals surface area contributed by atoms with E-state index in [1.807, 2.05) is 6.07 Å². The molecule has 2 rings (SSSR count). The van der Waals surface area contributed by atoms with Gasteiger partial charge in [0.1, 0.15) is 11.6 Å². The molecule has 0 aliphatic carbocycles. The Morgan fingerprint density at radius 3 is 2.50 bits per heavy atom. The number of hydrogen-bond donors (Lipinski definition) is 1. The molecule has 1 heterocycles. The largest absolute Gasteiger partial charge is 0.384 e. The molecule has 1 aromatic carbocycles. The maximum Gasteiger partial charge on any atom is 0.135 e. The Morgan fingerprint density at radius 2 is 1.83 bits per heavy atom. The van der Waals surface area contributed by atoms with Crippen LogP contribution in [0.1, 0.15) is 36.0 Å². The lowest BCUT2D eigenvalue weighted by Gasteiger charge is -2.05. The monoisotopic (exact) mass is 241 g/mol. The van der Waals surface area contributed by atoms with Gasteiger partial charge in [-0.3, -0.25) is 0 Å². The summed E-state index contributed by atoms with van der Waals surface area (Å²) in [5, 5.41) is 0. The molecule has 0 amide bonds. The van der Waals surface area contributed by atoms with Gasteiger partial charge in [-0.25, -0.2) is 9.97 Å². The minimum Gasteiger partial charge on any atom is -0.384 e. The van der Waals surface area contributed by atoms with Crippen molar-refractivity contribution in [3.8, 4) is 0 Å². The molecule has 18 heavy (non-hydrogen) atoms. The van der Waals surface area contributed by atoms with Crippen LogP contribution in [0.2, 0.25) is 0 Å². The summed E-state index contributed by atoms with van der Waals surface area (Å²) in [6.07, 6.45) is 2.76. The Bertz CT molecular complexity index is 518. The molecule has 2 N–H and O–H groups in total. The molecular weight excluding hydrogens is 222 g/mol. The highest BCUT2D eigenvalue weighted by Crippen LogP contribution is 2.11. The number of aromatic nitrogens is 2. The number of anilines is 1. The number of nitrogens with zero attached hydrogens (tertiary/aromatic N) is 2. The third-order valence-corrected chi connectivity index (χ3v) is 2.83. The molecule has 0 aliphatic rings. The molecule has 0 radical (unpaired) electrons. The van der Waals surface area contributed by atoms with Gasteiger partial charge in [-0.2, -0.15) is 0 Å². The van der Waals surface area contributed by atoms with Crippen LogP contribution in [0.15, 0.2) is 30.3 Å². The second kappa shape index (κ2) is 5.63. The van der Waals surface area contributed by atoms with Crippen LogP contribution in [0.25, 0.3) is 0 Å². The van der Waals surface area contributed by atoms with Crippen LogP contribution in [0.3, 0.4) is 0 Å². The van der Waals surface area contributed by atoms with E-state index in [1.54, 1.807) is 0 Å². The highest BCUT2D eigenvalue weighted by molar-refractivity contribution is 5.32. The summed E-state index contributed by atoms with van der Waals surface area (Å²) in [4.78, 5) is 8.85. The average molecular weight is 241 g/mol. The normalized spacial score (nSPS) is 10.6. The maximum atomic E-state index is 5.82. The molecule has 0 saturated heterocycles. The topological polar surface area (TPSA) is 51.8 Å². The summed E-state index contributed by atoms with van der Waals surface area (Å²) < 4.78 is 0. The first-order chi connectivity index (χ1) is 8.67. The van der Waals surface area contributed by atoms with Crippen molar-refractivity contribution in [2.45, 2.75) is 33.1 Å². The van der Waals surface area contributed by atoms with E-state index in [0.717, 1.165) is 30.8 Å². The van der Waals surface area contributed by atoms with Crippen molar-refractivity contribution in [2.24, 2.45) is 0 Å². The van der Waals surface area contributed by atoms with E-state index in [0.29, 0.717) is 5.82 Å². The van der Waals surface area contributed by atoms with Gasteiger partial charge in [0.05, 0.1) is 0 Å². The summed E-state index contributed by atoms with van der Waals surface area (Å²) in [5.74, 6) is 1.37.